The van der Waals surface area contributed by atoms with Crippen molar-refractivity contribution < 1.29 is 19.1 Å². The lowest BCUT2D eigenvalue weighted by atomic mass is 10.1. The fraction of sp³-hybridized carbons (Fsp3) is 0.250. The molecule has 1 fully saturated rings. The molecule has 3 rings (SSSR count). The van der Waals surface area contributed by atoms with Gasteiger partial charge in [-0.2, -0.15) is 0 Å². The molecule has 2 aromatic rings. The molecule has 1 aliphatic heterocycles. The Kier molecular flexibility index (Phi) is 6.21. The minimum absolute atomic E-state index is 0.0131. The first kappa shape index (κ1) is 20.2. The molecule has 1 aliphatic rings. The van der Waals surface area contributed by atoms with Gasteiger partial charge in [-0.3, -0.25) is 14.4 Å². The SMILES string of the molecule is Cc1ccc(NC(=O)COC(=O)[C@H]2CC(=O)N(c3ccccc3Cl)C2)cc1Cl. The third kappa shape index (κ3) is 4.64. The minimum atomic E-state index is -0.648. The van der Waals surface area contributed by atoms with Crippen LogP contribution in [0, 0.1) is 12.8 Å². The van der Waals surface area contributed by atoms with Gasteiger partial charge >= 0.3 is 5.97 Å². The Morgan fingerprint density at radius 3 is 2.64 bits per heavy atom. The van der Waals surface area contributed by atoms with Crippen molar-refractivity contribution in [2.45, 2.75) is 13.3 Å². The van der Waals surface area contributed by atoms with E-state index in [0.29, 0.717) is 21.4 Å². The van der Waals surface area contributed by atoms with E-state index in [9.17, 15) is 14.4 Å². The summed E-state index contributed by atoms with van der Waals surface area (Å²) < 4.78 is 5.08. The molecule has 1 heterocycles. The molecule has 0 unspecified atom stereocenters. The molecule has 0 spiro atoms. The van der Waals surface area contributed by atoms with E-state index in [1.165, 1.54) is 4.90 Å². The zero-order valence-corrected chi connectivity index (χ0v) is 16.6. The lowest BCUT2D eigenvalue weighted by Crippen LogP contribution is -2.28. The van der Waals surface area contributed by atoms with Gasteiger partial charge in [-0.1, -0.05) is 41.4 Å². The molecule has 1 atom stereocenters. The number of nitrogens with zero attached hydrogens (tertiary/aromatic N) is 1. The number of para-hydroxylation sites is 1. The number of ether oxygens (including phenoxy) is 1. The van der Waals surface area contributed by atoms with Crippen LogP contribution in [-0.2, 0) is 19.1 Å². The normalized spacial score (nSPS) is 16.2. The van der Waals surface area contributed by atoms with Gasteiger partial charge < -0.3 is 15.0 Å². The van der Waals surface area contributed by atoms with E-state index in [2.05, 4.69) is 5.32 Å². The number of nitrogens with one attached hydrogen (secondary N) is 1. The molecule has 8 heteroatoms. The van der Waals surface area contributed by atoms with E-state index in [-0.39, 0.29) is 18.9 Å². The Hall–Kier alpha value is -2.57. The van der Waals surface area contributed by atoms with Crippen LogP contribution in [0.15, 0.2) is 42.5 Å². The number of aryl methyl sites for hydroxylation is 1. The summed E-state index contributed by atoms with van der Waals surface area (Å²) in [6, 6.07) is 12.0. The fourth-order valence-electron chi connectivity index (χ4n) is 2.89. The van der Waals surface area contributed by atoms with Crippen molar-refractivity contribution in [1.82, 2.24) is 0 Å². The van der Waals surface area contributed by atoms with Gasteiger partial charge in [0, 0.05) is 23.7 Å². The Morgan fingerprint density at radius 1 is 1.18 bits per heavy atom. The van der Waals surface area contributed by atoms with Gasteiger partial charge in [0.05, 0.1) is 16.6 Å². The van der Waals surface area contributed by atoms with Gasteiger partial charge in [-0.25, -0.2) is 0 Å². The highest BCUT2D eigenvalue weighted by atomic mass is 35.5. The maximum atomic E-state index is 12.3. The van der Waals surface area contributed by atoms with Crippen molar-refractivity contribution in [2.24, 2.45) is 5.92 Å². The second-order valence-corrected chi connectivity index (χ2v) is 7.29. The van der Waals surface area contributed by atoms with Gasteiger partial charge in [0.1, 0.15) is 0 Å². The molecule has 0 aromatic heterocycles. The van der Waals surface area contributed by atoms with Crippen LogP contribution in [0.1, 0.15) is 12.0 Å². The van der Waals surface area contributed by atoms with Crippen LogP contribution in [0.5, 0.6) is 0 Å². The second kappa shape index (κ2) is 8.63. The number of halogens is 2. The number of rotatable bonds is 5. The Morgan fingerprint density at radius 2 is 1.93 bits per heavy atom. The monoisotopic (exact) mass is 420 g/mol. The number of hydrogen-bond donors (Lipinski definition) is 1. The summed E-state index contributed by atoms with van der Waals surface area (Å²) >= 11 is 12.1. The quantitative estimate of drug-likeness (QED) is 0.745. The number of esters is 1. The van der Waals surface area contributed by atoms with Crippen molar-refractivity contribution in [3.05, 3.63) is 58.1 Å². The van der Waals surface area contributed by atoms with Crippen LogP contribution in [0.3, 0.4) is 0 Å². The predicted octanol–water partition coefficient (Wildman–Crippen LogP) is 3.84. The number of carbonyl (C=O) groups excluding carboxylic acids is 3. The van der Waals surface area contributed by atoms with Crippen molar-refractivity contribution in [3.63, 3.8) is 0 Å². The van der Waals surface area contributed by atoms with Crippen molar-refractivity contribution in [2.75, 3.05) is 23.4 Å². The molecule has 2 amide bonds. The average molecular weight is 421 g/mol. The number of hydrogen-bond acceptors (Lipinski definition) is 4. The third-order valence-electron chi connectivity index (χ3n) is 4.40. The largest absolute Gasteiger partial charge is 0.455 e. The van der Waals surface area contributed by atoms with Crippen molar-refractivity contribution >= 4 is 52.4 Å². The van der Waals surface area contributed by atoms with Crippen LogP contribution in [0.25, 0.3) is 0 Å². The Labute approximate surface area is 172 Å². The molecule has 1 saturated heterocycles. The molecular formula is C20H18Cl2N2O4. The zero-order valence-electron chi connectivity index (χ0n) is 15.1. The average Bonchev–Trinajstić information content (AvgIpc) is 3.05. The van der Waals surface area contributed by atoms with E-state index >= 15 is 0 Å². The molecule has 0 radical (unpaired) electrons. The first-order valence-electron chi connectivity index (χ1n) is 8.62. The molecular weight excluding hydrogens is 403 g/mol. The third-order valence-corrected chi connectivity index (χ3v) is 5.13. The van der Waals surface area contributed by atoms with Crippen LogP contribution in [0.2, 0.25) is 10.0 Å². The summed E-state index contributed by atoms with van der Waals surface area (Å²) in [4.78, 5) is 38.0. The van der Waals surface area contributed by atoms with Gasteiger partial charge in [0.25, 0.3) is 5.91 Å². The molecule has 0 aliphatic carbocycles. The van der Waals surface area contributed by atoms with Gasteiger partial charge in [-0.05, 0) is 36.8 Å². The summed E-state index contributed by atoms with van der Waals surface area (Å²) in [7, 11) is 0. The van der Waals surface area contributed by atoms with E-state index in [0.717, 1.165) is 5.56 Å². The highest BCUT2D eigenvalue weighted by Gasteiger charge is 2.37. The Balaban J connectivity index is 1.54. The number of benzene rings is 2. The highest BCUT2D eigenvalue weighted by Crippen LogP contribution is 2.31. The van der Waals surface area contributed by atoms with Crippen LogP contribution in [0.4, 0.5) is 11.4 Å². The summed E-state index contributed by atoms with van der Waals surface area (Å²) in [6.07, 6.45) is 0.0131. The summed E-state index contributed by atoms with van der Waals surface area (Å²) in [5, 5.41) is 3.57. The van der Waals surface area contributed by atoms with E-state index in [1.54, 1.807) is 42.5 Å². The Bertz CT molecular complexity index is 932. The molecule has 0 saturated carbocycles. The lowest BCUT2D eigenvalue weighted by Gasteiger charge is -2.17. The van der Waals surface area contributed by atoms with E-state index in [1.807, 2.05) is 6.92 Å². The highest BCUT2D eigenvalue weighted by molar-refractivity contribution is 6.34. The maximum absolute atomic E-state index is 12.3. The van der Waals surface area contributed by atoms with E-state index in [4.69, 9.17) is 27.9 Å². The summed E-state index contributed by atoms with van der Waals surface area (Å²) in [5.41, 5.74) is 1.95. The molecule has 6 nitrogen and oxygen atoms in total. The number of anilines is 2. The molecule has 28 heavy (non-hydrogen) atoms. The second-order valence-electron chi connectivity index (χ2n) is 6.48. The van der Waals surface area contributed by atoms with Crippen molar-refractivity contribution in [3.8, 4) is 0 Å². The summed E-state index contributed by atoms with van der Waals surface area (Å²) in [5.74, 6) is -1.94. The van der Waals surface area contributed by atoms with Crippen LogP contribution >= 0.6 is 23.2 Å². The van der Waals surface area contributed by atoms with Crippen molar-refractivity contribution in [1.29, 1.82) is 0 Å². The maximum Gasteiger partial charge on any atom is 0.311 e. The first-order chi connectivity index (χ1) is 13.3. The lowest BCUT2D eigenvalue weighted by molar-refractivity contribution is -0.151. The van der Waals surface area contributed by atoms with Crippen LogP contribution in [-0.4, -0.2) is 30.9 Å². The smallest absolute Gasteiger partial charge is 0.311 e. The van der Waals surface area contributed by atoms with E-state index < -0.39 is 24.4 Å². The molecule has 146 valence electrons. The van der Waals surface area contributed by atoms with Crippen LogP contribution < -0.4 is 10.2 Å². The van der Waals surface area contributed by atoms with Gasteiger partial charge in [0.2, 0.25) is 5.91 Å². The zero-order chi connectivity index (χ0) is 20.3. The molecule has 1 N–H and O–H groups in total. The summed E-state index contributed by atoms with van der Waals surface area (Å²) in [6.45, 7) is 1.57. The van der Waals surface area contributed by atoms with Gasteiger partial charge in [-0.15, -0.1) is 0 Å². The number of amides is 2. The fourth-order valence-corrected chi connectivity index (χ4v) is 3.31. The number of carbonyl (C=O) groups is 3. The van der Waals surface area contributed by atoms with Gasteiger partial charge in [0.15, 0.2) is 6.61 Å². The first-order valence-corrected chi connectivity index (χ1v) is 9.38. The standard InChI is InChI=1S/C20H18Cl2N2O4/c1-12-6-7-14(9-16(12)22)23-18(25)11-28-20(27)13-8-19(26)24(10-13)17-5-3-2-4-15(17)21/h2-7,9,13H,8,10-11H2,1H3,(H,23,25)/t13-/m0/s1. The minimum Gasteiger partial charge on any atom is -0.455 e. The topological polar surface area (TPSA) is 75.7 Å². The molecule has 2 aromatic carbocycles. The molecule has 0 bridgehead atoms. The predicted molar refractivity (Wildman–Crippen MR) is 108 cm³/mol.